The molecule has 1 aliphatic rings. The van der Waals surface area contributed by atoms with Crippen molar-refractivity contribution in [3.05, 3.63) is 35.6 Å². The minimum Gasteiger partial charge on any atom is -0.357 e. The molecule has 24 heavy (non-hydrogen) atoms. The summed E-state index contributed by atoms with van der Waals surface area (Å²) in [6.07, 6.45) is 3.75. The molecule has 1 saturated heterocycles. The van der Waals surface area contributed by atoms with E-state index < -0.39 is 0 Å². The molecule has 0 aliphatic carbocycles. The highest BCUT2D eigenvalue weighted by Gasteiger charge is 2.17. The average molecular weight is 334 g/mol. The lowest BCUT2D eigenvalue weighted by molar-refractivity contribution is 0.187. The molecule has 1 aliphatic heterocycles. The smallest absolute Gasteiger partial charge is 0.191 e. The van der Waals surface area contributed by atoms with Gasteiger partial charge < -0.3 is 15.5 Å². The molecule has 5 heteroatoms. The zero-order valence-electron chi connectivity index (χ0n) is 15.0. The van der Waals surface area contributed by atoms with E-state index in [1.807, 2.05) is 13.0 Å². The normalized spacial score (nSPS) is 17.0. The van der Waals surface area contributed by atoms with Gasteiger partial charge in [-0.2, -0.15) is 0 Å². The highest BCUT2D eigenvalue weighted by molar-refractivity contribution is 5.79. The van der Waals surface area contributed by atoms with E-state index in [-0.39, 0.29) is 5.82 Å². The van der Waals surface area contributed by atoms with E-state index in [0.717, 1.165) is 31.5 Å². The van der Waals surface area contributed by atoms with Gasteiger partial charge in [-0.3, -0.25) is 0 Å². The number of hydrogen-bond acceptors (Lipinski definition) is 2. The van der Waals surface area contributed by atoms with Crippen molar-refractivity contribution in [3.8, 4) is 0 Å². The highest BCUT2D eigenvalue weighted by atomic mass is 19.1. The number of hydrogen-bond donors (Lipinski definition) is 2. The molecule has 0 unspecified atom stereocenters. The molecule has 1 aromatic carbocycles. The first kappa shape index (κ1) is 18.7. The van der Waals surface area contributed by atoms with Gasteiger partial charge >= 0.3 is 0 Å². The van der Waals surface area contributed by atoms with Crippen molar-refractivity contribution < 1.29 is 4.39 Å². The molecule has 0 amide bonds. The van der Waals surface area contributed by atoms with E-state index >= 15 is 0 Å². The van der Waals surface area contributed by atoms with Crippen LogP contribution in [0.25, 0.3) is 0 Å². The van der Waals surface area contributed by atoms with E-state index in [4.69, 9.17) is 0 Å². The Kier molecular flexibility index (Phi) is 8.02. The van der Waals surface area contributed by atoms with Gasteiger partial charge in [-0.1, -0.05) is 25.1 Å². The second kappa shape index (κ2) is 10.3. The molecule has 1 fully saturated rings. The quantitative estimate of drug-likeness (QED) is 0.595. The predicted octanol–water partition coefficient (Wildman–Crippen LogP) is 3.00. The molecule has 0 spiro atoms. The third kappa shape index (κ3) is 6.11. The Hall–Kier alpha value is -1.62. The van der Waals surface area contributed by atoms with Gasteiger partial charge in [-0.05, 0) is 57.8 Å². The molecule has 2 N–H and O–H groups in total. The highest BCUT2D eigenvalue weighted by Crippen LogP contribution is 2.19. The van der Waals surface area contributed by atoms with Gasteiger partial charge in [0.25, 0.3) is 0 Å². The van der Waals surface area contributed by atoms with Gasteiger partial charge in [0.2, 0.25) is 0 Å². The number of rotatable bonds is 7. The van der Waals surface area contributed by atoms with Gasteiger partial charge in [0, 0.05) is 18.7 Å². The number of halogens is 1. The average Bonchev–Trinajstić information content (AvgIpc) is 2.61. The number of guanidine groups is 1. The summed E-state index contributed by atoms with van der Waals surface area (Å²) >= 11 is 0. The van der Waals surface area contributed by atoms with Crippen LogP contribution in [0.3, 0.4) is 0 Å². The van der Waals surface area contributed by atoms with Gasteiger partial charge in [0.1, 0.15) is 5.82 Å². The summed E-state index contributed by atoms with van der Waals surface area (Å²) in [5, 5.41) is 6.62. The van der Waals surface area contributed by atoms with Crippen molar-refractivity contribution in [2.75, 3.05) is 32.7 Å². The first-order valence-corrected chi connectivity index (χ1v) is 9.20. The third-order valence-corrected chi connectivity index (χ3v) is 4.71. The van der Waals surface area contributed by atoms with Crippen LogP contribution in [0.15, 0.2) is 29.3 Å². The molecule has 0 saturated carbocycles. The van der Waals surface area contributed by atoms with Crippen LogP contribution >= 0.6 is 0 Å². The van der Waals surface area contributed by atoms with Gasteiger partial charge in [-0.25, -0.2) is 9.38 Å². The lowest BCUT2D eigenvalue weighted by Gasteiger charge is -2.31. The largest absolute Gasteiger partial charge is 0.357 e. The molecule has 1 aromatic rings. The molecule has 4 nitrogen and oxygen atoms in total. The van der Waals surface area contributed by atoms with Crippen LogP contribution < -0.4 is 10.6 Å². The van der Waals surface area contributed by atoms with E-state index in [1.165, 1.54) is 38.4 Å². The fourth-order valence-corrected chi connectivity index (χ4v) is 3.12. The number of aliphatic imine (C=N–C) groups is 1. The Morgan fingerprint density at radius 2 is 1.96 bits per heavy atom. The zero-order valence-corrected chi connectivity index (χ0v) is 15.0. The number of likely N-dealkylation sites (tertiary alicyclic amines) is 1. The molecular formula is C19H31FN4. The third-order valence-electron chi connectivity index (χ3n) is 4.71. The molecule has 0 aromatic heterocycles. The molecular weight excluding hydrogens is 303 g/mol. The number of nitrogens with zero attached hydrogens (tertiary/aromatic N) is 2. The van der Waals surface area contributed by atoms with Crippen molar-refractivity contribution >= 4 is 5.96 Å². The second-order valence-corrected chi connectivity index (χ2v) is 6.38. The Labute approximate surface area is 145 Å². The monoisotopic (exact) mass is 334 g/mol. The Morgan fingerprint density at radius 3 is 2.62 bits per heavy atom. The minimum absolute atomic E-state index is 0.195. The van der Waals surface area contributed by atoms with Crippen LogP contribution in [-0.4, -0.2) is 43.6 Å². The molecule has 2 rings (SSSR count). The number of piperidine rings is 1. The first-order valence-electron chi connectivity index (χ1n) is 9.20. The molecule has 134 valence electrons. The Bertz CT molecular complexity index is 510. The van der Waals surface area contributed by atoms with Crippen LogP contribution in [-0.2, 0) is 6.54 Å². The maximum Gasteiger partial charge on any atom is 0.191 e. The maximum absolute atomic E-state index is 13.7. The maximum atomic E-state index is 13.7. The van der Waals surface area contributed by atoms with Gasteiger partial charge in [0.05, 0.1) is 6.54 Å². The minimum atomic E-state index is -0.195. The Balaban J connectivity index is 1.76. The first-order chi connectivity index (χ1) is 11.7. The van der Waals surface area contributed by atoms with Crippen LogP contribution in [0.4, 0.5) is 4.39 Å². The summed E-state index contributed by atoms with van der Waals surface area (Å²) in [7, 11) is 0. The molecule has 0 atom stereocenters. The number of benzene rings is 1. The standard InChI is InChI=1S/C19H31FN4/c1-3-21-19(23-15-17-7-5-6-8-18(17)20)22-12-9-16-10-13-24(4-2)14-11-16/h5-8,16H,3-4,9-15H2,1-2H3,(H2,21,22,23). The predicted molar refractivity (Wildman–Crippen MR) is 98.7 cm³/mol. The van der Waals surface area contributed by atoms with Crippen LogP contribution in [0.5, 0.6) is 0 Å². The molecule has 1 heterocycles. The lowest BCUT2D eigenvalue weighted by atomic mass is 9.93. The fourth-order valence-electron chi connectivity index (χ4n) is 3.12. The van der Waals surface area contributed by atoms with Gasteiger partial charge in [0.15, 0.2) is 5.96 Å². The van der Waals surface area contributed by atoms with E-state index in [0.29, 0.717) is 12.1 Å². The fraction of sp³-hybridized carbons (Fsp3) is 0.632. The Morgan fingerprint density at radius 1 is 1.21 bits per heavy atom. The summed E-state index contributed by atoms with van der Waals surface area (Å²) < 4.78 is 13.7. The summed E-state index contributed by atoms with van der Waals surface area (Å²) in [6.45, 7) is 9.97. The van der Waals surface area contributed by atoms with Gasteiger partial charge in [-0.15, -0.1) is 0 Å². The molecule has 0 bridgehead atoms. The SMILES string of the molecule is CCNC(=NCc1ccccc1F)NCCC1CCN(CC)CC1. The summed E-state index contributed by atoms with van der Waals surface area (Å²) in [5.41, 5.74) is 0.627. The summed E-state index contributed by atoms with van der Waals surface area (Å²) in [6, 6.07) is 6.81. The second-order valence-electron chi connectivity index (χ2n) is 6.38. The lowest BCUT2D eigenvalue weighted by Crippen LogP contribution is -2.39. The van der Waals surface area contributed by atoms with E-state index in [9.17, 15) is 4.39 Å². The zero-order chi connectivity index (χ0) is 17.2. The van der Waals surface area contributed by atoms with E-state index in [2.05, 4.69) is 27.4 Å². The van der Waals surface area contributed by atoms with Crippen molar-refractivity contribution in [1.82, 2.24) is 15.5 Å². The van der Waals surface area contributed by atoms with Crippen LogP contribution in [0, 0.1) is 11.7 Å². The van der Waals surface area contributed by atoms with E-state index in [1.54, 1.807) is 12.1 Å². The van der Waals surface area contributed by atoms with Crippen molar-refractivity contribution in [1.29, 1.82) is 0 Å². The topological polar surface area (TPSA) is 39.7 Å². The summed E-state index contributed by atoms with van der Waals surface area (Å²) in [4.78, 5) is 7.02. The number of nitrogens with one attached hydrogen (secondary N) is 2. The van der Waals surface area contributed by atoms with Crippen molar-refractivity contribution in [2.24, 2.45) is 10.9 Å². The van der Waals surface area contributed by atoms with Crippen LogP contribution in [0.1, 0.15) is 38.7 Å². The summed E-state index contributed by atoms with van der Waals surface area (Å²) in [5.74, 6) is 1.38. The van der Waals surface area contributed by atoms with Crippen molar-refractivity contribution in [2.45, 2.75) is 39.7 Å². The van der Waals surface area contributed by atoms with Crippen molar-refractivity contribution in [3.63, 3.8) is 0 Å². The van der Waals surface area contributed by atoms with Crippen LogP contribution in [0.2, 0.25) is 0 Å². The molecule has 0 radical (unpaired) electrons.